The van der Waals surface area contributed by atoms with E-state index in [0.29, 0.717) is 73.3 Å². The lowest BCUT2D eigenvalue weighted by Crippen LogP contribution is -2.44. The van der Waals surface area contributed by atoms with Crippen molar-refractivity contribution in [3.63, 3.8) is 0 Å². The van der Waals surface area contributed by atoms with Gasteiger partial charge in [0.2, 0.25) is 0 Å². The lowest BCUT2D eigenvalue weighted by Gasteiger charge is -2.33. The molecule has 0 bridgehead atoms. The van der Waals surface area contributed by atoms with Crippen LogP contribution < -0.4 is 14.2 Å². The van der Waals surface area contributed by atoms with Crippen LogP contribution in [0.25, 0.3) is 11.1 Å². The fraction of sp³-hybridized carbons (Fsp3) is 0.405. The number of ether oxygens (including phenoxy) is 3. The number of nitriles is 1. The second kappa shape index (κ2) is 17.6. The number of piperidine rings is 1. The Hall–Kier alpha value is -4.76. The summed E-state index contributed by atoms with van der Waals surface area (Å²) in [5.74, 6) is -1.76. The highest BCUT2D eigenvalue weighted by Crippen LogP contribution is 2.37. The van der Waals surface area contributed by atoms with E-state index >= 15 is 0 Å². The zero-order valence-electron chi connectivity index (χ0n) is 30.6. The molecule has 6 rings (SSSR count). The van der Waals surface area contributed by atoms with Gasteiger partial charge < -0.3 is 19.3 Å². The van der Waals surface area contributed by atoms with E-state index in [-0.39, 0.29) is 26.2 Å². The zero-order valence-corrected chi connectivity index (χ0v) is 31.4. The molecule has 54 heavy (non-hydrogen) atoms. The number of benzene rings is 3. The van der Waals surface area contributed by atoms with E-state index in [4.69, 9.17) is 25.8 Å². The average Bonchev–Trinajstić information content (AvgIpc) is 3.51. The highest BCUT2D eigenvalue weighted by Gasteiger charge is 2.37. The molecule has 9 nitrogen and oxygen atoms in total. The van der Waals surface area contributed by atoms with Gasteiger partial charge in [0.05, 0.1) is 23.7 Å². The summed E-state index contributed by atoms with van der Waals surface area (Å²) in [6.45, 7) is 6.66. The number of halogens is 3. The van der Waals surface area contributed by atoms with Gasteiger partial charge in [-0.05, 0) is 85.7 Å². The number of carboxylic acids is 1. The number of pyridine rings is 1. The third-order valence-corrected chi connectivity index (χ3v) is 10.5. The molecular formula is C42H45ClF2N4O5. The molecule has 12 heteroatoms. The minimum absolute atomic E-state index is 0.0822. The molecule has 1 N–H and O–H groups in total. The van der Waals surface area contributed by atoms with Crippen LogP contribution in [0.15, 0.2) is 67.0 Å². The average molecular weight is 759 g/mol. The van der Waals surface area contributed by atoms with Gasteiger partial charge >= 0.3 is 5.97 Å². The van der Waals surface area contributed by atoms with E-state index in [9.17, 15) is 23.9 Å². The maximum absolute atomic E-state index is 13.6. The first kappa shape index (κ1) is 38.9. The number of nitrogens with zero attached hydrogens (tertiary/aromatic N) is 4. The summed E-state index contributed by atoms with van der Waals surface area (Å²) < 4.78 is 45.9. The monoisotopic (exact) mass is 758 g/mol. The van der Waals surface area contributed by atoms with Crippen molar-refractivity contribution in [2.45, 2.75) is 77.7 Å². The van der Waals surface area contributed by atoms with Crippen molar-refractivity contribution in [2.24, 2.45) is 0 Å². The van der Waals surface area contributed by atoms with Gasteiger partial charge in [0.1, 0.15) is 42.6 Å². The fourth-order valence-corrected chi connectivity index (χ4v) is 7.47. The summed E-state index contributed by atoms with van der Waals surface area (Å²) in [5, 5.41) is 19.6. The van der Waals surface area contributed by atoms with Crippen LogP contribution in [0.1, 0.15) is 65.5 Å². The standard InChI is InChI=1S/C42H45ClF2N4O5/c1-28-32(8-5-9-34(28)35-10-6-12-38(29(35)2)52-17-7-14-48-16-13-42(44,45)27-48)26-54-40-20-39(53-25-31-18-30(21-46)22-47-23-31)33(19-36(40)43)24-49-15-4-3-11-37(49)41(50)51/h5-6,8-10,12,18-20,22-23,37H,3-4,7,11,13-17,24-27H2,1-2H3,(H,50,51). The quantitative estimate of drug-likeness (QED) is 0.119. The van der Waals surface area contributed by atoms with Gasteiger partial charge in [-0.1, -0.05) is 48.4 Å². The summed E-state index contributed by atoms with van der Waals surface area (Å²) in [6, 6.07) is 18.7. The molecule has 2 saturated heterocycles. The number of carboxylic acid groups (broad SMARTS) is 1. The Kier molecular flexibility index (Phi) is 12.7. The smallest absolute Gasteiger partial charge is 0.320 e. The summed E-state index contributed by atoms with van der Waals surface area (Å²) in [6.07, 6.45) is 6.04. The lowest BCUT2D eigenvalue weighted by molar-refractivity contribution is -0.144. The summed E-state index contributed by atoms with van der Waals surface area (Å²) in [4.78, 5) is 19.9. The molecule has 1 aromatic heterocycles. The van der Waals surface area contributed by atoms with Crippen LogP contribution in [-0.4, -0.2) is 70.6 Å². The van der Waals surface area contributed by atoms with Crippen LogP contribution in [0.3, 0.4) is 0 Å². The molecule has 1 unspecified atom stereocenters. The molecule has 0 radical (unpaired) electrons. The fourth-order valence-electron chi connectivity index (χ4n) is 7.23. The first-order valence-corrected chi connectivity index (χ1v) is 18.7. The summed E-state index contributed by atoms with van der Waals surface area (Å²) in [5.41, 5.74) is 6.91. The minimum atomic E-state index is -2.59. The number of carbonyl (C=O) groups is 1. The maximum atomic E-state index is 13.6. The molecule has 2 aliphatic rings. The van der Waals surface area contributed by atoms with E-state index in [1.807, 2.05) is 43.0 Å². The molecule has 4 aromatic rings. The second-order valence-electron chi connectivity index (χ2n) is 14.1. The first-order chi connectivity index (χ1) is 26.0. The highest BCUT2D eigenvalue weighted by molar-refractivity contribution is 6.32. The van der Waals surface area contributed by atoms with Crippen LogP contribution in [0.2, 0.25) is 5.02 Å². The lowest BCUT2D eigenvalue weighted by atomic mass is 9.93. The van der Waals surface area contributed by atoms with Gasteiger partial charge in [-0.2, -0.15) is 5.26 Å². The Balaban J connectivity index is 1.17. The topological polar surface area (TPSA) is 108 Å². The van der Waals surface area contributed by atoms with Crippen molar-refractivity contribution in [1.82, 2.24) is 14.8 Å². The van der Waals surface area contributed by atoms with Gasteiger partial charge in [-0.15, -0.1) is 0 Å². The number of likely N-dealkylation sites (tertiary alicyclic amines) is 2. The number of hydrogen-bond donors (Lipinski definition) is 1. The van der Waals surface area contributed by atoms with Crippen molar-refractivity contribution < 1.29 is 32.9 Å². The number of rotatable bonds is 15. The van der Waals surface area contributed by atoms with Crippen molar-refractivity contribution in [3.05, 3.63) is 105 Å². The molecule has 0 spiro atoms. The van der Waals surface area contributed by atoms with Crippen LogP contribution in [0.4, 0.5) is 8.78 Å². The minimum Gasteiger partial charge on any atom is -0.493 e. The third-order valence-electron chi connectivity index (χ3n) is 10.2. The maximum Gasteiger partial charge on any atom is 0.320 e. The van der Waals surface area contributed by atoms with E-state index < -0.39 is 17.9 Å². The number of aliphatic carboxylic acids is 1. The predicted molar refractivity (Wildman–Crippen MR) is 202 cm³/mol. The van der Waals surface area contributed by atoms with Gasteiger partial charge in [0.15, 0.2) is 0 Å². The van der Waals surface area contributed by atoms with Gasteiger partial charge in [-0.25, -0.2) is 8.78 Å². The Labute approximate surface area is 320 Å². The molecule has 0 aliphatic carbocycles. The largest absolute Gasteiger partial charge is 0.493 e. The normalized spacial score (nSPS) is 17.2. The SMILES string of the molecule is Cc1c(COc2cc(OCc3cncc(C#N)c3)c(CN3CCCCC3C(=O)O)cc2Cl)cccc1-c1cccc(OCCCN2CCC(F)(F)C2)c1C. The molecule has 0 saturated carbocycles. The van der Waals surface area contributed by atoms with E-state index in [1.165, 1.54) is 6.20 Å². The molecule has 2 aliphatic heterocycles. The second-order valence-corrected chi connectivity index (χ2v) is 14.5. The summed E-state index contributed by atoms with van der Waals surface area (Å²) >= 11 is 6.84. The highest BCUT2D eigenvalue weighted by atomic mass is 35.5. The molecule has 3 heterocycles. The first-order valence-electron chi connectivity index (χ1n) is 18.3. The molecule has 0 amide bonds. The zero-order chi connectivity index (χ0) is 38.2. The molecule has 2 fully saturated rings. The number of aromatic nitrogens is 1. The number of hydrogen-bond acceptors (Lipinski definition) is 8. The Morgan fingerprint density at radius 1 is 0.963 bits per heavy atom. The van der Waals surface area contributed by atoms with E-state index in [0.717, 1.165) is 52.0 Å². The van der Waals surface area contributed by atoms with Crippen molar-refractivity contribution in [3.8, 4) is 34.4 Å². The van der Waals surface area contributed by atoms with Gasteiger partial charge in [-0.3, -0.25) is 19.6 Å². The Morgan fingerprint density at radius 3 is 2.50 bits per heavy atom. The molecular weight excluding hydrogens is 714 g/mol. The van der Waals surface area contributed by atoms with E-state index in [1.54, 1.807) is 29.3 Å². The molecule has 3 aromatic carbocycles. The van der Waals surface area contributed by atoms with Crippen molar-refractivity contribution >= 4 is 17.6 Å². The molecule has 284 valence electrons. The Bertz CT molecular complexity index is 2000. The van der Waals surface area contributed by atoms with Gasteiger partial charge in [0.25, 0.3) is 5.92 Å². The van der Waals surface area contributed by atoms with Crippen molar-refractivity contribution in [2.75, 3.05) is 32.8 Å². The van der Waals surface area contributed by atoms with Gasteiger partial charge in [0, 0.05) is 55.6 Å². The van der Waals surface area contributed by atoms with Crippen molar-refractivity contribution in [1.29, 1.82) is 5.26 Å². The predicted octanol–water partition coefficient (Wildman–Crippen LogP) is 8.60. The Morgan fingerprint density at radius 2 is 1.74 bits per heavy atom. The van der Waals surface area contributed by atoms with Crippen LogP contribution in [0, 0.1) is 25.2 Å². The van der Waals surface area contributed by atoms with Crippen LogP contribution in [0.5, 0.6) is 17.2 Å². The van der Waals surface area contributed by atoms with E-state index in [2.05, 4.69) is 23.2 Å². The summed E-state index contributed by atoms with van der Waals surface area (Å²) in [7, 11) is 0. The number of alkyl halides is 2. The van der Waals surface area contributed by atoms with Crippen LogP contribution >= 0.6 is 11.6 Å². The van der Waals surface area contributed by atoms with Crippen LogP contribution in [-0.2, 0) is 24.6 Å². The third kappa shape index (κ3) is 9.66. The molecule has 1 atom stereocenters.